The first kappa shape index (κ1) is 13.1. The fourth-order valence-corrected chi connectivity index (χ4v) is 0.661. The zero-order valence-corrected chi connectivity index (χ0v) is 8.24. The van der Waals surface area contributed by atoms with Crippen LogP contribution in [0.1, 0.15) is 13.3 Å². The van der Waals surface area contributed by atoms with E-state index in [1.807, 2.05) is 0 Å². The van der Waals surface area contributed by atoms with Crippen LogP contribution in [-0.2, 0) is 14.4 Å². The number of carboxylic acid groups (broad SMARTS) is 1. The quantitative estimate of drug-likeness (QED) is 0.318. The van der Waals surface area contributed by atoms with E-state index < -0.39 is 30.2 Å². The molecule has 0 aliphatic heterocycles. The Balaban J connectivity index is 4.19. The molecule has 2 amide bonds. The predicted octanol–water partition coefficient (Wildman–Crippen LogP) is -1.49. The lowest BCUT2D eigenvalue weighted by atomic mass is 10.2. The number of carbonyl (C=O) groups is 3. The van der Waals surface area contributed by atoms with Gasteiger partial charge in [0.05, 0.1) is 6.42 Å². The van der Waals surface area contributed by atoms with Crippen LogP contribution in [-0.4, -0.2) is 28.9 Å². The van der Waals surface area contributed by atoms with Crippen molar-refractivity contribution < 1.29 is 19.5 Å². The van der Waals surface area contributed by atoms with Gasteiger partial charge in [0.1, 0.15) is 6.04 Å². The van der Waals surface area contributed by atoms with Crippen molar-refractivity contribution >= 4 is 17.8 Å². The highest BCUT2D eigenvalue weighted by molar-refractivity contribution is 5.92. The number of nitrogens with one attached hydrogen (secondary N) is 2. The summed E-state index contributed by atoms with van der Waals surface area (Å²) in [4.78, 5) is 32.0. The Morgan fingerprint density at radius 3 is 2.33 bits per heavy atom. The SMILES string of the molecule is C=C(C)C(=O)NNC(CC(N)=O)C(=O)O. The third-order valence-electron chi connectivity index (χ3n) is 1.45. The molecule has 7 nitrogen and oxygen atoms in total. The molecule has 0 spiro atoms. The van der Waals surface area contributed by atoms with E-state index in [1.165, 1.54) is 6.92 Å². The second-order valence-corrected chi connectivity index (χ2v) is 2.94. The Kier molecular flexibility index (Phi) is 5.03. The van der Waals surface area contributed by atoms with Gasteiger partial charge in [-0.3, -0.25) is 19.8 Å². The van der Waals surface area contributed by atoms with Crippen LogP contribution in [0, 0.1) is 0 Å². The molecule has 15 heavy (non-hydrogen) atoms. The predicted molar refractivity (Wildman–Crippen MR) is 51.3 cm³/mol. The third-order valence-corrected chi connectivity index (χ3v) is 1.45. The molecule has 0 bridgehead atoms. The number of hydrazine groups is 1. The van der Waals surface area contributed by atoms with Gasteiger partial charge in [-0.1, -0.05) is 6.58 Å². The van der Waals surface area contributed by atoms with Crippen LogP contribution in [0.3, 0.4) is 0 Å². The minimum absolute atomic E-state index is 0.214. The van der Waals surface area contributed by atoms with Gasteiger partial charge in [0.15, 0.2) is 0 Å². The number of primary amides is 1. The summed E-state index contributed by atoms with van der Waals surface area (Å²) in [6.07, 6.45) is -0.411. The van der Waals surface area contributed by atoms with Gasteiger partial charge >= 0.3 is 5.97 Å². The normalized spacial score (nSPS) is 11.5. The first-order valence-corrected chi connectivity index (χ1v) is 4.07. The van der Waals surface area contributed by atoms with E-state index in [-0.39, 0.29) is 5.57 Å². The summed E-state index contributed by atoms with van der Waals surface area (Å²) in [5.74, 6) is -2.61. The molecule has 0 aliphatic rings. The monoisotopic (exact) mass is 215 g/mol. The van der Waals surface area contributed by atoms with Crippen molar-refractivity contribution in [1.82, 2.24) is 10.9 Å². The van der Waals surface area contributed by atoms with E-state index in [0.717, 1.165) is 0 Å². The summed E-state index contributed by atoms with van der Waals surface area (Å²) in [7, 11) is 0. The Morgan fingerprint density at radius 1 is 1.47 bits per heavy atom. The molecule has 0 rings (SSSR count). The lowest BCUT2D eigenvalue weighted by molar-refractivity contribution is -0.141. The van der Waals surface area contributed by atoms with Crippen molar-refractivity contribution in [2.75, 3.05) is 0 Å². The van der Waals surface area contributed by atoms with Crippen LogP contribution in [0.5, 0.6) is 0 Å². The van der Waals surface area contributed by atoms with Gasteiger partial charge in [-0.15, -0.1) is 0 Å². The number of hydrogen-bond donors (Lipinski definition) is 4. The number of carbonyl (C=O) groups excluding carboxylic acids is 2. The largest absolute Gasteiger partial charge is 0.480 e. The van der Waals surface area contributed by atoms with Gasteiger partial charge in [-0.25, -0.2) is 5.43 Å². The minimum Gasteiger partial charge on any atom is -0.480 e. The van der Waals surface area contributed by atoms with Crippen LogP contribution >= 0.6 is 0 Å². The molecule has 0 saturated carbocycles. The second kappa shape index (κ2) is 5.76. The number of rotatable bonds is 6. The van der Waals surface area contributed by atoms with Crippen molar-refractivity contribution in [3.05, 3.63) is 12.2 Å². The average molecular weight is 215 g/mol. The summed E-state index contributed by atoms with van der Waals surface area (Å²) in [6, 6.07) is -1.24. The van der Waals surface area contributed by atoms with Gasteiger partial charge in [0.2, 0.25) is 5.91 Å². The molecule has 84 valence electrons. The molecule has 0 saturated heterocycles. The first-order valence-electron chi connectivity index (χ1n) is 4.07. The lowest BCUT2D eigenvalue weighted by Crippen LogP contribution is -2.49. The van der Waals surface area contributed by atoms with E-state index in [2.05, 4.69) is 17.4 Å². The molecule has 0 aliphatic carbocycles. The van der Waals surface area contributed by atoms with E-state index in [4.69, 9.17) is 10.8 Å². The smallest absolute Gasteiger partial charge is 0.323 e. The highest BCUT2D eigenvalue weighted by Crippen LogP contribution is 1.91. The summed E-state index contributed by atoms with van der Waals surface area (Å²) >= 11 is 0. The van der Waals surface area contributed by atoms with Crippen LogP contribution in [0.15, 0.2) is 12.2 Å². The first-order chi connectivity index (χ1) is 6.84. The number of carboxylic acids is 1. The molecule has 0 heterocycles. The molecular formula is C8H13N3O4. The Bertz CT molecular complexity index is 300. The van der Waals surface area contributed by atoms with E-state index in [1.54, 1.807) is 0 Å². The van der Waals surface area contributed by atoms with Gasteiger partial charge in [-0.2, -0.15) is 0 Å². The molecule has 0 aromatic heterocycles. The molecular weight excluding hydrogens is 202 g/mol. The maximum absolute atomic E-state index is 11.0. The summed E-state index contributed by atoms with van der Waals surface area (Å²) in [6.45, 7) is 4.81. The molecule has 0 aromatic carbocycles. The zero-order chi connectivity index (χ0) is 12.0. The minimum atomic E-state index is -1.28. The molecule has 0 aromatic rings. The number of aliphatic carboxylic acids is 1. The molecule has 0 fully saturated rings. The highest BCUT2D eigenvalue weighted by atomic mass is 16.4. The molecule has 7 heteroatoms. The van der Waals surface area contributed by atoms with Crippen molar-refractivity contribution in [2.24, 2.45) is 5.73 Å². The van der Waals surface area contributed by atoms with E-state index in [0.29, 0.717) is 0 Å². The average Bonchev–Trinajstić information content (AvgIpc) is 2.10. The van der Waals surface area contributed by atoms with Crippen molar-refractivity contribution in [3.63, 3.8) is 0 Å². The maximum atomic E-state index is 11.0. The van der Waals surface area contributed by atoms with Crippen LogP contribution in [0.4, 0.5) is 0 Å². The van der Waals surface area contributed by atoms with Gasteiger partial charge in [-0.05, 0) is 6.92 Å². The lowest BCUT2D eigenvalue weighted by Gasteiger charge is -2.13. The topological polar surface area (TPSA) is 122 Å². The molecule has 0 radical (unpaired) electrons. The molecule has 1 unspecified atom stereocenters. The Labute approximate surface area is 86.3 Å². The Morgan fingerprint density at radius 2 is 2.00 bits per heavy atom. The Hall–Kier alpha value is -1.89. The summed E-state index contributed by atoms with van der Waals surface area (Å²) in [5.41, 5.74) is 9.30. The number of amides is 2. The zero-order valence-electron chi connectivity index (χ0n) is 8.24. The van der Waals surface area contributed by atoms with E-state index >= 15 is 0 Å². The number of nitrogens with two attached hydrogens (primary N) is 1. The van der Waals surface area contributed by atoms with Gasteiger partial charge in [0, 0.05) is 5.57 Å². The maximum Gasteiger partial charge on any atom is 0.323 e. The van der Waals surface area contributed by atoms with Crippen LogP contribution in [0.2, 0.25) is 0 Å². The van der Waals surface area contributed by atoms with Crippen molar-refractivity contribution in [3.8, 4) is 0 Å². The van der Waals surface area contributed by atoms with Crippen molar-refractivity contribution in [2.45, 2.75) is 19.4 Å². The second-order valence-electron chi connectivity index (χ2n) is 2.94. The van der Waals surface area contributed by atoms with Gasteiger partial charge in [0.25, 0.3) is 5.91 Å². The summed E-state index contributed by atoms with van der Waals surface area (Å²) in [5, 5.41) is 8.63. The van der Waals surface area contributed by atoms with Crippen LogP contribution < -0.4 is 16.6 Å². The van der Waals surface area contributed by atoms with Gasteiger partial charge < -0.3 is 10.8 Å². The van der Waals surface area contributed by atoms with Crippen molar-refractivity contribution in [1.29, 1.82) is 0 Å². The number of hydrogen-bond acceptors (Lipinski definition) is 4. The molecule has 5 N–H and O–H groups in total. The summed E-state index contributed by atoms with van der Waals surface area (Å²) < 4.78 is 0. The van der Waals surface area contributed by atoms with E-state index in [9.17, 15) is 14.4 Å². The van der Waals surface area contributed by atoms with Crippen LogP contribution in [0.25, 0.3) is 0 Å². The standard InChI is InChI=1S/C8H13N3O4/c1-4(2)7(13)11-10-5(8(14)15)3-6(9)12/h5,10H,1,3H2,2H3,(H2,9,12)(H,11,13)(H,14,15). The molecule has 1 atom stereocenters. The fraction of sp³-hybridized carbons (Fsp3) is 0.375. The third kappa shape index (κ3) is 5.42. The highest BCUT2D eigenvalue weighted by Gasteiger charge is 2.20. The fourth-order valence-electron chi connectivity index (χ4n) is 0.661.